The topological polar surface area (TPSA) is 20.2 Å². The van der Waals surface area contributed by atoms with E-state index in [4.69, 9.17) is 0 Å². The highest BCUT2D eigenvalue weighted by Crippen LogP contribution is 2.50. The van der Waals surface area contributed by atoms with Gasteiger partial charge in [-0.05, 0) is 29.1 Å². The van der Waals surface area contributed by atoms with Crippen LogP contribution in [0.4, 0.5) is 0 Å². The third kappa shape index (κ3) is 3.02. The molecule has 0 heterocycles. The van der Waals surface area contributed by atoms with Gasteiger partial charge in [0.1, 0.15) is 0 Å². The molecule has 0 radical (unpaired) electrons. The predicted molar refractivity (Wildman–Crippen MR) is 70.9 cm³/mol. The van der Waals surface area contributed by atoms with Crippen LogP contribution in [0.25, 0.3) is 0 Å². The second-order valence-corrected chi connectivity index (χ2v) is 6.48. The first-order valence-corrected chi connectivity index (χ1v) is 7.08. The normalized spacial score (nSPS) is 25.8. The van der Waals surface area contributed by atoms with Crippen molar-refractivity contribution in [3.8, 4) is 0 Å². The predicted octanol–water partition coefficient (Wildman–Crippen LogP) is 3.29. The summed E-state index contributed by atoms with van der Waals surface area (Å²) in [4.78, 5) is 0. The first-order chi connectivity index (χ1) is 7.68. The number of hydrogen-bond acceptors (Lipinski definition) is 2. The molecule has 0 spiro atoms. The van der Waals surface area contributed by atoms with Crippen molar-refractivity contribution in [2.75, 3.05) is 5.75 Å². The lowest BCUT2D eigenvalue weighted by atomic mass is 10.1. The van der Waals surface area contributed by atoms with E-state index < -0.39 is 0 Å². The lowest BCUT2D eigenvalue weighted by Gasteiger charge is -2.11. The smallest absolute Gasteiger partial charge is 0.0664 e. The molecule has 0 aromatic heterocycles. The maximum atomic E-state index is 10.0. The van der Waals surface area contributed by atoms with Crippen LogP contribution >= 0.6 is 11.8 Å². The Morgan fingerprint density at radius 3 is 2.62 bits per heavy atom. The van der Waals surface area contributed by atoms with Crippen LogP contribution in [0.3, 0.4) is 0 Å². The maximum Gasteiger partial charge on any atom is 0.0664 e. The molecular weight excluding hydrogens is 216 g/mol. The molecule has 0 amide bonds. The second-order valence-electron chi connectivity index (χ2n) is 4.87. The van der Waals surface area contributed by atoms with Crippen molar-refractivity contribution in [2.45, 2.75) is 37.5 Å². The molecule has 1 aromatic carbocycles. The molecule has 2 heteroatoms. The van der Waals surface area contributed by atoms with Crippen LogP contribution < -0.4 is 0 Å². The van der Waals surface area contributed by atoms with Crippen molar-refractivity contribution < 1.29 is 5.11 Å². The fourth-order valence-electron chi connectivity index (χ4n) is 2.14. The molecule has 0 saturated heterocycles. The number of aliphatic hydroxyl groups excluding tert-OH is 1. The summed E-state index contributed by atoms with van der Waals surface area (Å²) in [6.45, 7) is 4.36. The molecule has 1 fully saturated rings. The van der Waals surface area contributed by atoms with Gasteiger partial charge in [0.2, 0.25) is 0 Å². The molecule has 1 nitrogen and oxygen atoms in total. The van der Waals surface area contributed by atoms with E-state index in [1.54, 1.807) is 0 Å². The highest BCUT2D eigenvalue weighted by atomic mass is 32.2. The Bertz CT molecular complexity index is 323. The highest BCUT2D eigenvalue weighted by Gasteiger charge is 2.42. The SMILES string of the molecule is CC(C)SCC(O)C1CC1c1ccccc1. The summed E-state index contributed by atoms with van der Waals surface area (Å²) in [5, 5.41) is 10.7. The van der Waals surface area contributed by atoms with Crippen LogP contribution in [0.2, 0.25) is 0 Å². The van der Waals surface area contributed by atoms with E-state index in [9.17, 15) is 5.11 Å². The van der Waals surface area contributed by atoms with Gasteiger partial charge in [-0.25, -0.2) is 0 Å². The summed E-state index contributed by atoms with van der Waals surface area (Å²) in [5.41, 5.74) is 1.39. The van der Waals surface area contributed by atoms with Crippen molar-refractivity contribution in [1.29, 1.82) is 0 Å². The largest absolute Gasteiger partial charge is 0.392 e. The minimum Gasteiger partial charge on any atom is -0.392 e. The molecule has 1 aromatic rings. The monoisotopic (exact) mass is 236 g/mol. The second kappa shape index (κ2) is 5.24. The highest BCUT2D eigenvalue weighted by molar-refractivity contribution is 7.99. The van der Waals surface area contributed by atoms with E-state index in [2.05, 4.69) is 38.1 Å². The molecule has 2 rings (SSSR count). The number of aliphatic hydroxyl groups is 1. The lowest BCUT2D eigenvalue weighted by molar-refractivity contribution is 0.173. The van der Waals surface area contributed by atoms with Crippen molar-refractivity contribution in [3.05, 3.63) is 35.9 Å². The Balaban J connectivity index is 1.82. The third-order valence-electron chi connectivity index (χ3n) is 3.16. The molecule has 16 heavy (non-hydrogen) atoms. The number of thioether (sulfide) groups is 1. The Labute approximate surface area is 102 Å². The fraction of sp³-hybridized carbons (Fsp3) is 0.571. The first kappa shape index (κ1) is 12.0. The van der Waals surface area contributed by atoms with Crippen LogP contribution in [-0.2, 0) is 0 Å². The van der Waals surface area contributed by atoms with E-state index in [1.165, 1.54) is 5.56 Å². The summed E-state index contributed by atoms with van der Waals surface area (Å²) < 4.78 is 0. The van der Waals surface area contributed by atoms with E-state index in [0.717, 1.165) is 12.2 Å². The summed E-state index contributed by atoms with van der Waals surface area (Å²) in [6, 6.07) is 10.6. The summed E-state index contributed by atoms with van der Waals surface area (Å²) in [6.07, 6.45) is 1.03. The van der Waals surface area contributed by atoms with Gasteiger partial charge in [-0.3, -0.25) is 0 Å². The molecule has 1 N–H and O–H groups in total. The average molecular weight is 236 g/mol. The standard InChI is InChI=1S/C14H20OS/c1-10(2)16-9-14(15)13-8-12(13)11-6-4-3-5-7-11/h3-7,10,12-15H,8-9H2,1-2H3. The zero-order valence-corrected chi connectivity index (χ0v) is 10.8. The van der Waals surface area contributed by atoms with E-state index in [-0.39, 0.29) is 6.10 Å². The zero-order chi connectivity index (χ0) is 11.5. The van der Waals surface area contributed by atoms with Gasteiger partial charge in [0.15, 0.2) is 0 Å². The zero-order valence-electron chi connectivity index (χ0n) is 9.97. The molecule has 3 unspecified atom stereocenters. The third-order valence-corrected chi connectivity index (χ3v) is 4.36. The molecule has 0 aliphatic heterocycles. The lowest BCUT2D eigenvalue weighted by Crippen LogP contribution is -2.15. The van der Waals surface area contributed by atoms with Gasteiger partial charge in [0.25, 0.3) is 0 Å². The van der Waals surface area contributed by atoms with Gasteiger partial charge in [0, 0.05) is 5.75 Å². The average Bonchev–Trinajstić information content (AvgIpc) is 3.07. The summed E-state index contributed by atoms with van der Waals surface area (Å²) >= 11 is 1.85. The molecule has 1 aliphatic rings. The van der Waals surface area contributed by atoms with E-state index in [1.807, 2.05) is 17.8 Å². The molecule has 88 valence electrons. The number of rotatable bonds is 5. The molecule has 1 saturated carbocycles. The fourth-order valence-corrected chi connectivity index (χ4v) is 2.97. The van der Waals surface area contributed by atoms with Crippen LogP contribution in [-0.4, -0.2) is 22.2 Å². The van der Waals surface area contributed by atoms with Crippen molar-refractivity contribution in [1.82, 2.24) is 0 Å². The number of hydrogen-bond donors (Lipinski definition) is 1. The first-order valence-electron chi connectivity index (χ1n) is 6.03. The van der Waals surface area contributed by atoms with Gasteiger partial charge in [-0.1, -0.05) is 44.2 Å². The van der Waals surface area contributed by atoms with Gasteiger partial charge in [-0.15, -0.1) is 0 Å². The van der Waals surface area contributed by atoms with Crippen molar-refractivity contribution in [2.24, 2.45) is 5.92 Å². The van der Waals surface area contributed by atoms with Crippen LogP contribution in [0.15, 0.2) is 30.3 Å². The Morgan fingerprint density at radius 1 is 1.31 bits per heavy atom. The van der Waals surface area contributed by atoms with Gasteiger partial charge in [0.05, 0.1) is 6.10 Å². The van der Waals surface area contributed by atoms with Crippen LogP contribution in [0.5, 0.6) is 0 Å². The van der Waals surface area contributed by atoms with Gasteiger partial charge >= 0.3 is 0 Å². The number of benzene rings is 1. The molecule has 1 aliphatic carbocycles. The molecule has 0 bridgehead atoms. The van der Waals surface area contributed by atoms with Gasteiger partial charge in [-0.2, -0.15) is 11.8 Å². The van der Waals surface area contributed by atoms with Crippen molar-refractivity contribution in [3.63, 3.8) is 0 Å². The van der Waals surface area contributed by atoms with Crippen LogP contribution in [0, 0.1) is 5.92 Å². The minimum atomic E-state index is -0.127. The Kier molecular flexibility index (Phi) is 3.93. The summed E-state index contributed by atoms with van der Waals surface area (Å²) in [5.74, 6) is 1.98. The van der Waals surface area contributed by atoms with E-state index >= 15 is 0 Å². The Hall–Kier alpha value is -0.470. The molecular formula is C14H20OS. The minimum absolute atomic E-state index is 0.127. The Morgan fingerprint density at radius 2 is 2.00 bits per heavy atom. The molecule has 3 atom stereocenters. The quantitative estimate of drug-likeness (QED) is 0.846. The summed E-state index contributed by atoms with van der Waals surface area (Å²) in [7, 11) is 0. The van der Waals surface area contributed by atoms with Gasteiger partial charge < -0.3 is 5.11 Å². The van der Waals surface area contributed by atoms with Crippen molar-refractivity contribution >= 4 is 11.8 Å². The van der Waals surface area contributed by atoms with Crippen LogP contribution in [0.1, 0.15) is 31.7 Å². The maximum absolute atomic E-state index is 10.0. The van der Waals surface area contributed by atoms with E-state index in [0.29, 0.717) is 17.1 Å².